The molecule has 2 aromatic heterocycles. The molecule has 2 amide bonds. The smallest absolute Gasteiger partial charge is 0.286 e. The molecule has 2 heterocycles. The molecule has 11 nitrogen and oxygen atoms in total. The van der Waals surface area contributed by atoms with Gasteiger partial charge in [0.05, 0.1) is 12.2 Å². The maximum Gasteiger partial charge on any atom is 0.286 e. The minimum atomic E-state index is -0.965. The van der Waals surface area contributed by atoms with E-state index in [9.17, 15) is 19.2 Å². The minimum Gasteiger partial charge on any atom is -0.418 e. The Morgan fingerprint density at radius 1 is 1.08 bits per heavy atom. The average molecular weight is 495 g/mol. The van der Waals surface area contributed by atoms with E-state index < -0.39 is 41.2 Å². The van der Waals surface area contributed by atoms with Crippen molar-refractivity contribution < 1.29 is 18.8 Å². The molecule has 0 spiro atoms. The van der Waals surface area contributed by atoms with Crippen LogP contribution in [0.4, 0.5) is 5.69 Å². The second-order valence-corrected chi connectivity index (χ2v) is 9.75. The van der Waals surface area contributed by atoms with Crippen molar-refractivity contribution in [2.24, 2.45) is 5.92 Å². The lowest BCUT2D eigenvalue weighted by Crippen LogP contribution is -2.46. The predicted octanol–water partition coefficient (Wildman–Crippen LogP) is 2.57. The van der Waals surface area contributed by atoms with Gasteiger partial charge in [0.2, 0.25) is 23.5 Å². The van der Waals surface area contributed by atoms with Crippen LogP contribution < -0.4 is 16.2 Å². The summed E-state index contributed by atoms with van der Waals surface area (Å²) in [4.78, 5) is 55.2. The topological polar surface area (TPSA) is 149 Å². The lowest BCUT2D eigenvalue weighted by Gasteiger charge is -2.21. The van der Waals surface area contributed by atoms with Gasteiger partial charge in [-0.2, -0.15) is 0 Å². The van der Waals surface area contributed by atoms with Crippen LogP contribution in [0.3, 0.4) is 0 Å². The van der Waals surface area contributed by atoms with Gasteiger partial charge in [-0.05, 0) is 5.92 Å². The van der Waals surface area contributed by atoms with Gasteiger partial charge in [-0.1, -0.05) is 65.0 Å². The third kappa shape index (κ3) is 6.09. The number of aromatic nitrogens is 4. The fourth-order valence-corrected chi connectivity index (χ4v) is 3.39. The zero-order valence-electron chi connectivity index (χ0n) is 21.2. The van der Waals surface area contributed by atoms with Crippen molar-refractivity contribution in [3.8, 4) is 11.4 Å². The third-order valence-electron chi connectivity index (χ3n) is 5.23. The molecule has 3 aromatic rings. The summed E-state index contributed by atoms with van der Waals surface area (Å²) in [6.45, 7) is 10.00. The predicted molar refractivity (Wildman–Crippen MR) is 132 cm³/mol. The minimum absolute atomic E-state index is 0.0629. The molecule has 0 unspecified atom stereocenters. The van der Waals surface area contributed by atoms with Crippen molar-refractivity contribution in [2.75, 3.05) is 5.32 Å². The maximum atomic E-state index is 13.1. The number of carbonyl (C=O) groups excluding carboxylic acids is 3. The highest BCUT2D eigenvalue weighted by Gasteiger charge is 2.31. The fourth-order valence-electron chi connectivity index (χ4n) is 3.39. The molecule has 0 radical (unpaired) electrons. The zero-order chi connectivity index (χ0) is 26.6. The van der Waals surface area contributed by atoms with Crippen LogP contribution in [-0.4, -0.2) is 43.4 Å². The molecule has 0 saturated carbocycles. The number of carbonyl (C=O) groups is 3. The van der Waals surface area contributed by atoms with Gasteiger partial charge in [0, 0.05) is 17.9 Å². The summed E-state index contributed by atoms with van der Waals surface area (Å²) in [5.41, 5.74) is -0.502. The molecular weight excluding hydrogens is 464 g/mol. The van der Waals surface area contributed by atoms with Gasteiger partial charge >= 0.3 is 0 Å². The van der Waals surface area contributed by atoms with Gasteiger partial charge in [0.15, 0.2) is 0 Å². The molecule has 0 aliphatic carbocycles. The van der Waals surface area contributed by atoms with E-state index in [0.29, 0.717) is 11.5 Å². The third-order valence-corrected chi connectivity index (χ3v) is 5.23. The molecule has 1 atom stereocenters. The highest BCUT2D eigenvalue weighted by Crippen LogP contribution is 2.21. The van der Waals surface area contributed by atoms with Crippen LogP contribution in [0.5, 0.6) is 0 Å². The van der Waals surface area contributed by atoms with E-state index in [4.69, 9.17) is 4.42 Å². The van der Waals surface area contributed by atoms with Crippen molar-refractivity contribution in [1.29, 1.82) is 0 Å². The van der Waals surface area contributed by atoms with Crippen molar-refractivity contribution in [2.45, 2.75) is 59.5 Å². The number of nitrogens with one attached hydrogen (secondary N) is 2. The number of benzene rings is 1. The van der Waals surface area contributed by atoms with Gasteiger partial charge in [-0.15, -0.1) is 10.2 Å². The number of amides is 2. The van der Waals surface area contributed by atoms with E-state index in [1.54, 1.807) is 38.1 Å². The van der Waals surface area contributed by atoms with Crippen LogP contribution >= 0.6 is 0 Å². The highest BCUT2D eigenvalue weighted by atomic mass is 16.4. The second kappa shape index (κ2) is 10.6. The van der Waals surface area contributed by atoms with Crippen LogP contribution in [0.25, 0.3) is 11.4 Å². The Balaban J connectivity index is 1.91. The number of anilines is 1. The van der Waals surface area contributed by atoms with Gasteiger partial charge in [0.25, 0.3) is 11.4 Å². The molecule has 0 saturated heterocycles. The van der Waals surface area contributed by atoms with Crippen LogP contribution in [-0.2, 0) is 21.5 Å². The average Bonchev–Trinajstić information content (AvgIpc) is 3.31. The molecule has 0 fully saturated rings. The summed E-state index contributed by atoms with van der Waals surface area (Å²) in [6, 6.07) is 7.89. The van der Waals surface area contributed by atoms with Crippen molar-refractivity contribution >= 4 is 23.3 Å². The first-order valence-electron chi connectivity index (χ1n) is 11.5. The van der Waals surface area contributed by atoms with Crippen molar-refractivity contribution in [1.82, 2.24) is 25.1 Å². The summed E-state index contributed by atoms with van der Waals surface area (Å²) in [5.74, 6) is -1.53. The van der Waals surface area contributed by atoms with Crippen molar-refractivity contribution in [3.05, 3.63) is 58.7 Å². The Kier molecular flexibility index (Phi) is 7.81. The fraction of sp³-hybridized carbons (Fsp3) is 0.400. The summed E-state index contributed by atoms with van der Waals surface area (Å²) in [6.07, 6.45) is 1.25. The Hall–Kier alpha value is -4.15. The molecule has 1 aromatic carbocycles. The number of hydrogen-bond donors (Lipinski definition) is 2. The van der Waals surface area contributed by atoms with Crippen molar-refractivity contribution in [3.63, 3.8) is 0 Å². The largest absolute Gasteiger partial charge is 0.418 e. The van der Waals surface area contributed by atoms with E-state index in [2.05, 4.69) is 25.8 Å². The highest BCUT2D eigenvalue weighted by molar-refractivity contribution is 5.98. The van der Waals surface area contributed by atoms with Gasteiger partial charge in [0.1, 0.15) is 18.1 Å². The summed E-state index contributed by atoms with van der Waals surface area (Å²) >= 11 is 0. The van der Waals surface area contributed by atoms with E-state index >= 15 is 0 Å². The first kappa shape index (κ1) is 26.5. The van der Waals surface area contributed by atoms with Gasteiger partial charge < -0.3 is 15.1 Å². The molecule has 2 N–H and O–H groups in total. The molecule has 0 aliphatic heterocycles. The lowest BCUT2D eigenvalue weighted by atomic mass is 9.97. The maximum absolute atomic E-state index is 13.1. The SMILES string of the molecule is CC(=O)Nc1cnc(-c2ccccc2)n(CC(=O)N[C@@H](C(=O)c2nnc(C(C)(C)C)o2)C(C)C)c1=O. The number of hydrogen-bond acceptors (Lipinski definition) is 8. The molecule has 11 heteroatoms. The number of Topliss-reactive ketones (excluding diaryl/α,β-unsaturated/α-hetero) is 1. The van der Waals surface area contributed by atoms with E-state index in [-0.39, 0.29) is 23.3 Å². The van der Waals surface area contributed by atoms with E-state index in [1.165, 1.54) is 13.1 Å². The summed E-state index contributed by atoms with van der Waals surface area (Å²) < 4.78 is 6.72. The number of ketones is 1. The Morgan fingerprint density at radius 3 is 2.31 bits per heavy atom. The molecular formula is C25H30N6O5. The molecule has 36 heavy (non-hydrogen) atoms. The number of nitrogens with zero attached hydrogens (tertiary/aromatic N) is 4. The van der Waals surface area contributed by atoms with Gasteiger partial charge in [-0.3, -0.25) is 23.7 Å². The Morgan fingerprint density at radius 2 is 1.75 bits per heavy atom. The molecule has 3 rings (SSSR count). The quantitative estimate of drug-likeness (QED) is 0.454. The van der Waals surface area contributed by atoms with Crippen LogP contribution in [0.15, 0.2) is 45.7 Å². The van der Waals surface area contributed by atoms with Crippen LogP contribution in [0.2, 0.25) is 0 Å². The first-order valence-corrected chi connectivity index (χ1v) is 11.5. The van der Waals surface area contributed by atoms with Gasteiger partial charge in [-0.25, -0.2) is 4.98 Å². The Bertz CT molecular complexity index is 1320. The monoisotopic (exact) mass is 494 g/mol. The summed E-state index contributed by atoms with van der Waals surface area (Å²) in [7, 11) is 0. The zero-order valence-corrected chi connectivity index (χ0v) is 21.2. The Labute approximate surface area is 208 Å². The first-order chi connectivity index (χ1) is 16.9. The van der Waals surface area contributed by atoms with Crippen LogP contribution in [0.1, 0.15) is 58.1 Å². The lowest BCUT2D eigenvalue weighted by molar-refractivity contribution is -0.122. The summed E-state index contributed by atoms with van der Waals surface area (Å²) in [5, 5.41) is 12.9. The second-order valence-electron chi connectivity index (χ2n) is 9.75. The standard InChI is InChI=1S/C25H30N6O5/c1-14(2)19(20(34)22-29-30-24(36-22)25(4,5)6)28-18(33)13-31-21(16-10-8-7-9-11-16)26-12-17(23(31)35)27-15(3)32/h7-12,14,19H,13H2,1-6H3,(H,27,32)(H,28,33)/t19-/m1/s1. The van der Waals surface area contributed by atoms with Crippen LogP contribution in [0, 0.1) is 5.92 Å². The molecule has 0 bridgehead atoms. The number of rotatable bonds is 8. The van der Waals surface area contributed by atoms with E-state index in [1.807, 2.05) is 26.8 Å². The molecule has 0 aliphatic rings. The normalized spacial score (nSPS) is 12.3. The van der Waals surface area contributed by atoms with E-state index in [0.717, 1.165) is 4.57 Å². The molecule has 190 valence electrons.